The lowest BCUT2D eigenvalue weighted by molar-refractivity contribution is -0.385. The molecule has 0 fully saturated rings. The highest BCUT2D eigenvalue weighted by Crippen LogP contribution is 2.30. The van der Waals surface area contributed by atoms with Crippen LogP contribution in [0.15, 0.2) is 40.9 Å². The first kappa shape index (κ1) is 14.7. The Morgan fingerprint density at radius 2 is 2.05 bits per heavy atom. The van der Waals surface area contributed by atoms with E-state index in [1.807, 2.05) is 0 Å². The molecule has 0 saturated heterocycles. The monoisotopic (exact) mass is 359 g/mol. The number of nitrogens with zero attached hydrogens (tertiary/aromatic N) is 1. The quantitative estimate of drug-likeness (QED) is 0.585. The number of nitro groups is 1. The Balaban J connectivity index is 2.22. The van der Waals surface area contributed by atoms with Gasteiger partial charge in [-0.15, -0.1) is 0 Å². The van der Waals surface area contributed by atoms with Crippen molar-refractivity contribution in [2.75, 3.05) is 0 Å². The number of rotatable bonds is 4. The van der Waals surface area contributed by atoms with E-state index in [-0.39, 0.29) is 18.0 Å². The summed E-state index contributed by atoms with van der Waals surface area (Å²) in [4.78, 5) is 10.3. The lowest BCUT2D eigenvalue weighted by Crippen LogP contribution is -2.01. The number of ether oxygens (including phenoxy) is 1. The molecule has 0 bridgehead atoms. The van der Waals surface area contributed by atoms with Crippen molar-refractivity contribution < 1.29 is 14.1 Å². The Morgan fingerprint density at radius 1 is 1.30 bits per heavy atom. The molecule has 0 radical (unpaired) electrons. The van der Waals surface area contributed by atoms with Crippen LogP contribution >= 0.6 is 27.5 Å². The highest BCUT2D eigenvalue weighted by molar-refractivity contribution is 9.10. The first-order valence-electron chi connectivity index (χ1n) is 5.48. The van der Waals surface area contributed by atoms with Gasteiger partial charge >= 0.3 is 5.69 Å². The maximum atomic E-state index is 13.6. The number of halogens is 3. The van der Waals surface area contributed by atoms with E-state index in [1.165, 1.54) is 30.3 Å². The molecule has 104 valence electrons. The molecule has 0 unspecified atom stereocenters. The van der Waals surface area contributed by atoms with Gasteiger partial charge in [-0.2, -0.15) is 0 Å². The van der Waals surface area contributed by atoms with Gasteiger partial charge < -0.3 is 4.74 Å². The van der Waals surface area contributed by atoms with Gasteiger partial charge in [0.2, 0.25) is 0 Å². The zero-order chi connectivity index (χ0) is 14.7. The lowest BCUT2D eigenvalue weighted by atomic mass is 10.2. The van der Waals surface area contributed by atoms with Crippen molar-refractivity contribution in [3.8, 4) is 5.75 Å². The maximum Gasteiger partial charge on any atom is 0.311 e. The summed E-state index contributed by atoms with van der Waals surface area (Å²) < 4.78 is 19.5. The van der Waals surface area contributed by atoms with Crippen LogP contribution in [0.25, 0.3) is 0 Å². The summed E-state index contributed by atoms with van der Waals surface area (Å²) in [7, 11) is 0. The highest BCUT2D eigenvalue weighted by Gasteiger charge is 2.16. The van der Waals surface area contributed by atoms with Gasteiger partial charge in [-0.1, -0.05) is 33.6 Å². The van der Waals surface area contributed by atoms with Crippen LogP contribution in [0.4, 0.5) is 10.1 Å². The SMILES string of the molecule is O=[N+]([O-])c1ccc(Cl)cc1OCc1ccc(Br)cc1F. The second-order valence-electron chi connectivity index (χ2n) is 3.89. The van der Waals surface area contributed by atoms with Crippen LogP contribution in [0.3, 0.4) is 0 Å². The lowest BCUT2D eigenvalue weighted by Gasteiger charge is -2.08. The molecule has 0 aromatic heterocycles. The maximum absolute atomic E-state index is 13.6. The summed E-state index contributed by atoms with van der Waals surface area (Å²) in [5, 5.41) is 11.2. The van der Waals surface area contributed by atoms with Gasteiger partial charge in [-0.05, 0) is 18.2 Å². The topological polar surface area (TPSA) is 52.4 Å². The molecular formula is C13H8BrClFNO3. The number of nitro benzene ring substituents is 1. The van der Waals surface area contributed by atoms with E-state index < -0.39 is 10.7 Å². The first-order valence-corrected chi connectivity index (χ1v) is 6.65. The third-order valence-electron chi connectivity index (χ3n) is 2.52. The Bertz CT molecular complexity index is 666. The van der Waals surface area contributed by atoms with Crippen molar-refractivity contribution >= 4 is 33.2 Å². The van der Waals surface area contributed by atoms with Gasteiger partial charge in [0.15, 0.2) is 5.75 Å². The van der Waals surface area contributed by atoms with Gasteiger partial charge in [0.05, 0.1) is 4.92 Å². The Hall–Kier alpha value is -1.66. The van der Waals surface area contributed by atoms with E-state index >= 15 is 0 Å². The van der Waals surface area contributed by atoms with Crippen molar-refractivity contribution in [2.45, 2.75) is 6.61 Å². The molecule has 7 heteroatoms. The van der Waals surface area contributed by atoms with Crippen molar-refractivity contribution in [2.24, 2.45) is 0 Å². The third kappa shape index (κ3) is 3.46. The predicted octanol–water partition coefficient (Wildman–Crippen LogP) is 4.73. The van der Waals surface area contributed by atoms with Crippen LogP contribution in [0.2, 0.25) is 5.02 Å². The van der Waals surface area contributed by atoms with Crippen molar-refractivity contribution in [1.29, 1.82) is 0 Å². The fourth-order valence-electron chi connectivity index (χ4n) is 1.55. The second kappa shape index (κ2) is 6.19. The van der Waals surface area contributed by atoms with Crippen LogP contribution in [0.5, 0.6) is 5.75 Å². The van der Waals surface area contributed by atoms with Crippen molar-refractivity contribution in [1.82, 2.24) is 0 Å². The summed E-state index contributed by atoms with van der Waals surface area (Å²) in [6, 6.07) is 8.47. The van der Waals surface area contributed by atoms with E-state index in [0.717, 1.165) is 0 Å². The Kier molecular flexibility index (Phi) is 4.57. The van der Waals surface area contributed by atoms with Crippen LogP contribution in [-0.2, 0) is 6.61 Å². The molecule has 4 nitrogen and oxygen atoms in total. The molecule has 0 amide bonds. The first-order chi connectivity index (χ1) is 9.47. The minimum Gasteiger partial charge on any atom is -0.482 e. The zero-order valence-corrected chi connectivity index (χ0v) is 12.3. The molecule has 0 atom stereocenters. The molecule has 0 aliphatic carbocycles. The van der Waals surface area contributed by atoms with E-state index in [9.17, 15) is 14.5 Å². The molecule has 20 heavy (non-hydrogen) atoms. The zero-order valence-electron chi connectivity index (χ0n) is 9.98. The molecule has 2 rings (SSSR count). The molecule has 2 aromatic rings. The summed E-state index contributed by atoms with van der Waals surface area (Å²) in [5.74, 6) is -0.450. The molecule has 0 spiro atoms. The largest absolute Gasteiger partial charge is 0.482 e. The Labute approximate surface area is 127 Å². The van der Waals surface area contributed by atoms with E-state index in [2.05, 4.69) is 15.9 Å². The fourth-order valence-corrected chi connectivity index (χ4v) is 2.04. The standard InChI is InChI=1S/C13H8BrClFNO3/c14-9-2-1-8(11(16)5-9)7-20-13-6-10(15)3-4-12(13)17(18)19/h1-6H,7H2. The number of hydrogen-bond acceptors (Lipinski definition) is 3. The summed E-state index contributed by atoms with van der Waals surface area (Å²) in [6.45, 7) is -0.125. The Morgan fingerprint density at radius 3 is 2.70 bits per heavy atom. The molecule has 0 aliphatic rings. The average molecular weight is 361 g/mol. The van der Waals surface area contributed by atoms with E-state index in [0.29, 0.717) is 15.1 Å². The molecule has 2 aromatic carbocycles. The van der Waals surface area contributed by atoms with Gasteiger partial charge in [0.25, 0.3) is 0 Å². The van der Waals surface area contributed by atoms with Gasteiger partial charge in [0.1, 0.15) is 12.4 Å². The normalized spacial score (nSPS) is 10.3. The van der Waals surface area contributed by atoms with Crippen LogP contribution in [0, 0.1) is 15.9 Å². The van der Waals surface area contributed by atoms with Gasteiger partial charge in [0, 0.05) is 27.2 Å². The molecular weight excluding hydrogens is 353 g/mol. The summed E-state index contributed by atoms with van der Waals surface area (Å²) in [5.41, 5.74) is 0.0781. The highest BCUT2D eigenvalue weighted by atomic mass is 79.9. The van der Waals surface area contributed by atoms with Gasteiger partial charge in [-0.25, -0.2) is 4.39 Å². The van der Waals surface area contributed by atoms with Crippen molar-refractivity contribution in [3.63, 3.8) is 0 Å². The fraction of sp³-hybridized carbons (Fsp3) is 0.0769. The van der Waals surface area contributed by atoms with Crippen LogP contribution in [-0.4, -0.2) is 4.92 Å². The molecule has 0 heterocycles. The second-order valence-corrected chi connectivity index (χ2v) is 5.25. The molecule has 0 N–H and O–H groups in total. The van der Waals surface area contributed by atoms with Crippen molar-refractivity contribution in [3.05, 3.63) is 67.4 Å². The molecule has 0 aliphatic heterocycles. The minimum atomic E-state index is -0.580. The van der Waals surface area contributed by atoms with E-state index in [1.54, 1.807) is 6.07 Å². The number of benzene rings is 2. The van der Waals surface area contributed by atoms with Crippen LogP contribution in [0.1, 0.15) is 5.56 Å². The smallest absolute Gasteiger partial charge is 0.311 e. The molecule has 0 saturated carbocycles. The van der Waals surface area contributed by atoms with Crippen LogP contribution < -0.4 is 4.74 Å². The minimum absolute atomic E-state index is 0.00446. The summed E-state index contributed by atoms with van der Waals surface area (Å²) >= 11 is 8.92. The average Bonchev–Trinajstić information content (AvgIpc) is 2.37. The predicted molar refractivity (Wildman–Crippen MR) is 76.5 cm³/mol. The number of hydrogen-bond donors (Lipinski definition) is 0. The van der Waals surface area contributed by atoms with E-state index in [4.69, 9.17) is 16.3 Å². The third-order valence-corrected chi connectivity index (χ3v) is 3.25. The summed E-state index contributed by atoms with van der Waals surface area (Å²) in [6.07, 6.45) is 0. The van der Waals surface area contributed by atoms with Gasteiger partial charge in [-0.3, -0.25) is 10.1 Å².